The summed E-state index contributed by atoms with van der Waals surface area (Å²) in [6.07, 6.45) is 12.3. The molecule has 0 aromatic heterocycles. The van der Waals surface area contributed by atoms with Gasteiger partial charge in [-0.3, -0.25) is 4.79 Å². The van der Waals surface area contributed by atoms with Crippen molar-refractivity contribution in [3.05, 3.63) is 120 Å². The molecule has 1 aliphatic carbocycles. The second kappa shape index (κ2) is 20.4. The Bertz CT molecular complexity index is 1140. The van der Waals surface area contributed by atoms with E-state index in [4.69, 9.17) is 14.2 Å². The quantitative estimate of drug-likeness (QED) is 0.0770. The normalized spacial score (nSPS) is 11.7. The molecule has 0 saturated heterocycles. The molecular formula is C32H36O7. The lowest BCUT2D eigenvalue weighted by molar-refractivity contribution is -0.133. The Labute approximate surface area is 230 Å². The summed E-state index contributed by atoms with van der Waals surface area (Å²) in [7, 11) is 0. The first-order valence-corrected chi connectivity index (χ1v) is 12.7. The minimum Gasteiger partial charge on any atom is -0.493 e. The summed E-state index contributed by atoms with van der Waals surface area (Å²) in [5.41, 5.74) is 1.26. The van der Waals surface area contributed by atoms with Gasteiger partial charge in [-0.05, 0) is 61.1 Å². The van der Waals surface area contributed by atoms with Crippen molar-refractivity contribution in [2.75, 3.05) is 13.2 Å². The first kappa shape index (κ1) is 32.4. The van der Waals surface area contributed by atoms with Gasteiger partial charge in [0.1, 0.15) is 17.3 Å². The van der Waals surface area contributed by atoms with Gasteiger partial charge in [-0.15, -0.1) is 6.58 Å². The van der Waals surface area contributed by atoms with Crippen LogP contribution < -0.4 is 4.74 Å². The molecule has 0 atom stereocenters. The van der Waals surface area contributed by atoms with E-state index in [9.17, 15) is 14.4 Å². The van der Waals surface area contributed by atoms with E-state index in [0.29, 0.717) is 48.8 Å². The van der Waals surface area contributed by atoms with Crippen molar-refractivity contribution in [3.63, 3.8) is 0 Å². The van der Waals surface area contributed by atoms with Gasteiger partial charge >= 0.3 is 11.9 Å². The van der Waals surface area contributed by atoms with Gasteiger partial charge in [0.15, 0.2) is 0 Å². The Morgan fingerprint density at radius 2 is 1.64 bits per heavy atom. The molecule has 39 heavy (non-hydrogen) atoms. The monoisotopic (exact) mass is 532 g/mol. The molecule has 0 amide bonds. The first-order valence-electron chi connectivity index (χ1n) is 12.7. The zero-order valence-corrected chi connectivity index (χ0v) is 22.7. The van der Waals surface area contributed by atoms with Crippen LogP contribution in [0.25, 0.3) is 6.08 Å². The average Bonchev–Trinajstić information content (AvgIpc) is 3.19. The van der Waals surface area contributed by atoms with Crippen molar-refractivity contribution >= 4 is 24.5 Å². The summed E-state index contributed by atoms with van der Waals surface area (Å²) in [6, 6.07) is 16.0. The average molecular weight is 533 g/mol. The van der Waals surface area contributed by atoms with Crippen molar-refractivity contribution in [2.24, 2.45) is 0 Å². The van der Waals surface area contributed by atoms with Gasteiger partial charge in [0.2, 0.25) is 0 Å². The van der Waals surface area contributed by atoms with Crippen molar-refractivity contribution in [3.8, 4) is 5.75 Å². The summed E-state index contributed by atoms with van der Waals surface area (Å²) in [5.74, 6) is 0.337. The van der Waals surface area contributed by atoms with Gasteiger partial charge in [-0.25, -0.2) is 9.59 Å². The first-order chi connectivity index (χ1) is 19.0. The molecule has 0 spiro atoms. The third kappa shape index (κ3) is 14.0. The third-order valence-corrected chi connectivity index (χ3v) is 4.52. The minimum absolute atomic E-state index is 0.289. The van der Waals surface area contributed by atoms with Crippen LogP contribution in [0.15, 0.2) is 109 Å². The Morgan fingerprint density at radius 1 is 0.949 bits per heavy atom. The number of benzene rings is 2. The lowest BCUT2D eigenvalue weighted by Gasteiger charge is -2.08. The van der Waals surface area contributed by atoms with E-state index in [2.05, 4.69) is 11.3 Å². The van der Waals surface area contributed by atoms with Crippen molar-refractivity contribution in [1.82, 2.24) is 0 Å². The van der Waals surface area contributed by atoms with Crippen LogP contribution in [-0.2, 0) is 23.8 Å². The van der Waals surface area contributed by atoms with Crippen molar-refractivity contribution in [1.29, 1.82) is 0 Å². The molecule has 7 nitrogen and oxygen atoms in total. The Balaban J connectivity index is 0.00000142. The molecule has 1 aliphatic rings. The van der Waals surface area contributed by atoms with Gasteiger partial charge in [0.25, 0.3) is 6.47 Å². The Hall–Kier alpha value is -4.65. The van der Waals surface area contributed by atoms with Gasteiger partial charge in [-0.2, -0.15) is 0 Å². The fourth-order valence-electron chi connectivity index (χ4n) is 2.86. The van der Waals surface area contributed by atoms with Crippen LogP contribution in [0.5, 0.6) is 5.75 Å². The second-order valence-electron chi connectivity index (χ2n) is 7.46. The van der Waals surface area contributed by atoms with E-state index in [1.807, 2.05) is 51.1 Å². The molecule has 7 heteroatoms. The van der Waals surface area contributed by atoms with E-state index in [1.165, 1.54) is 6.08 Å². The maximum Gasteiger partial charge on any atom is 0.343 e. The lowest BCUT2D eigenvalue weighted by atomic mass is 10.2. The Kier molecular flexibility index (Phi) is 16.9. The van der Waals surface area contributed by atoms with Gasteiger partial charge in [-0.1, -0.05) is 56.3 Å². The van der Waals surface area contributed by atoms with Crippen LogP contribution in [0.2, 0.25) is 0 Å². The number of allylic oxidation sites excluding steroid dienone is 5. The smallest absolute Gasteiger partial charge is 0.343 e. The molecule has 0 heterocycles. The summed E-state index contributed by atoms with van der Waals surface area (Å²) in [6.45, 7) is 10.3. The van der Waals surface area contributed by atoms with Gasteiger partial charge < -0.3 is 18.9 Å². The SMILES string of the molecule is C=CC.CC.O=COCCCOc1ccc(C(=O)OC2=CC=C(OC(=O)/C=C/c3ccccc3)C=CC2)cc1. The number of carbonyl (C=O) groups is 3. The van der Waals surface area contributed by atoms with Crippen LogP contribution >= 0.6 is 0 Å². The molecule has 0 N–H and O–H groups in total. The van der Waals surface area contributed by atoms with E-state index in [-0.39, 0.29) is 6.61 Å². The van der Waals surface area contributed by atoms with E-state index >= 15 is 0 Å². The maximum atomic E-state index is 12.5. The number of hydrogen-bond donors (Lipinski definition) is 0. The Morgan fingerprint density at radius 3 is 2.31 bits per heavy atom. The van der Waals surface area contributed by atoms with E-state index < -0.39 is 11.9 Å². The van der Waals surface area contributed by atoms with Gasteiger partial charge in [0.05, 0.1) is 18.8 Å². The molecule has 3 rings (SSSR count). The molecule has 0 fully saturated rings. The standard InChI is InChI=1S/C27H24O7.C3H6.C2H6/c28-20-31-18-5-19-32-23-13-11-22(12-14-23)27(30)34-25-9-4-8-24(15-16-25)33-26(29)17-10-21-6-2-1-3-7-21;1-3-2;1-2/h1-4,6-8,10-17,20H,5,9,18-19H2;3H,1H2,2H3;1-2H3/b17-10+;;. The summed E-state index contributed by atoms with van der Waals surface area (Å²) in [4.78, 5) is 34.6. The number of esters is 2. The number of rotatable bonds is 11. The highest BCUT2D eigenvalue weighted by Gasteiger charge is 2.12. The fourth-order valence-corrected chi connectivity index (χ4v) is 2.86. The molecule has 2 aromatic rings. The minimum atomic E-state index is -0.509. The molecular weight excluding hydrogens is 496 g/mol. The van der Waals surface area contributed by atoms with Crippen LogP contribution in [-0.4, -0.2) is 31.6 Å². The number of carbonyl (C=O) groups excluding carboxylic acids is 3. The molecule has 0 bridgehead atoms. The summed E-state index contributed by atoms with van der Waals surface area (Å²) in [5, 5.41) is 0. The molecule has 0 unspecified atom stereocenters. The summed E-state index contributed by atoms with van der Waals surface area (Å²) >= 11 is 0. The molecule has 0 aliphatic heterocycles. The molecule has 0 radical (unpaired) electrons. The highest BCUT2D eigenvalue weighted by atomic mass is 16.5. The predicted octanol–water partition coefficient (Wildman–Crippen LogP) is 6.99. The predicted molar refractivity (Wildman–Crippen MR) is 153 cm³/mol. The van der Waals surface area contributed by atoms with Crippen LogP contribution in [0, 0.1) is 0 Å². The highest BCUT2D eigenvalue weighted by Crippen LogP contribution is 2.18. The maximum absolute atomic E-state index is 12.5. The van der Waals surface area contributed by atoms with Crippen molar-refractivity contribution in [2.45, 2.75) is 33.6 Å². The van der Waals surface area contributed by atoms with Crippen molar-refractivity contribution < 1.29 is 33.3 Å². The highest BCUT2D eigenvalue weighted by molar-refractivity contribution is 5.90. The fraction of sp³-hybridized carbons (Fsp3) is 0.219. The second-order valence-corrected chi connectivity index (χ2v) is 7.46. The zero-order valence-electron chi connectivity index (χ0n) is 22.7. The molecule has 0 saturated carbocycles. The zero-order chi connectivity index (χ0) is 28.7. The molecule has 2 aromatic carbocycles. The van der Waals surface area contributed by atoms with E-state index in [1.54, 1.807) is 60.7 Å². The van der Waals surface area contributed by atoms with Gasteiger partial charge in [0, 0.05) is 18.9 Å². The number of hydrogen-bond acceptors (Lipinski definition) is 7. The topological polar surface area (TPSA) is 88.1 Å². The lowest BCUT2D eigenvalue weighted by Crippen LogP contribution is -2.05. The van der Waals surface area contributed by atoms with E-state index in [0.717, 1.165) is 5.56 Å². The number of ether oxygens (including phenoxy) is 4. The third-order valence-electron chi connectivity index (χ3n) is 4.52. The molecule has 206 valence electrons. The largest absolute Gasteiger partial charge is 0.493 e. The van der Waals surface area contributed by atoms with Crippen LogP contribution in [0.3, 0.4) is 0 Å². The van der Waals surface area contributed by atoms with Crippen LogP contribution in [0.4, 0.5) is 0 Å². The summed E-state index contributed by atoms with van der Waals surface area (Å²) < 4.78 is 20.9. The van der Waals surface area contributed by atoms with Crippen LogP contribution in [0.1, 0.15) is 49.5 Å².